The minimum absolute atomic E-state index is 0.0915. The molecule has 0 saturated carbocycles. The normalized spacial score (nSPS) is 23.6. The van der Waals surface area contributed by atoms with Gasteiger partial charge in [0.25, 0.3) is 0 Å². The summed E-state index contributed by atoms with van der Waals surface area (Å²) in [5, 5.41) is 47.6. The van der Waals surface area contributed by atoms with E-state index in [0.29, 0.717) is 30.8 Å². The molecule has 2 saturated heterocycles. The zero-order valence-corrected chi connectivity index (χ0v) is 30.1. The van der Waals surface area contributed by atoms with E-state index in [2.05, 4.69) is 36.6 Å². The molecule has 6 N–H and O–H groups in total. The fourth-order valence-electron chi connectivity index (χ4n) is 6.48. The highest BCUT2D eigenvalue weighted by Gasteiger charge is 2.45. The molecule has 270 valence electrons. The van der Waals surface area contributed by atoms with Gasteiger partial charge in [-0.3, -0.25) is 9.59 Å². The van der Waals surface area contributed by atoms with Gasteiger partial charge in [-0.2, -0.15) is 0 Å². The largest absolute Gasteiger partial charge is 0.496 e. The molecule has 2 amide bonds. The van der Waals surface area contributed by atoms with E-state index >= 15 is 0 Å². The lowest BCUT2D eigenvalue weighted by Gasteiger charge is -2.40. The van der Waals surface area contributed by atoms with Crippen molar-refractivity contribution in [3.63, 3.8) is 0 Å². The smallest absolute Gasteiger partial charge is 0.247 e. The molecule has 0 aromatic heterocycles. The monoisotopic (exact) mass is 681 g/mol. The number of amides is 2. The van der Waals surface area contributed by atoms with Crippen LogP contribution in [0.4, 0.5) is 0 Å². The Bertz CT molecular complexity index is 1510. The van der Waals surface area contributed by atoms with E-state index in [1.54, 1.807) is 18.7 Å². The number of nitrogens with zero attached hydrogens (tertiary/aromatic N) is 1. The van der Waals surface area contributed by atoms with E-state index in [1.807, 2.05) is 51.1 Å². The van der Waals surface area contributed by atoms with Crippen molar-refractivity contribution in [2.24, 2.45) is 5.41 Å². The molecule has 49 heavy (non-hydrogen) atoms. The van der Waals surface area contributed by atoms with Crippen molar-refractivity contribution in [3.05, 3.63) is 69.8 Å². The number of benzene rings is 2. The maximum absolute atomic E-state index is 13.4. The van der Waals surface area contributed by atoms with Crippen LogP contribution in [0.15, 0.2) is 36.4 Å². The molecule has 2 aromatic rings. The molecule has 0 spiro atoms. The van der Waals surface area contributed by atoms with Crippen LogP contribution in [0.25, 0.3) is 6.08 Å². The first kappa shape index (κ1) is 38.5. The molecule has 4 rings (SSSR count). The zero-order chi connectivity index (χ0) is 36.3. The summed E-state index contributed by atoms with van der Waals surface area (Å²) in [6.45, 7) is 15.6. The summed E-state index contributed by atoms with van der Waals surface area (Å²) in [6.07, 6.45) is -2.09. The van der Waals surface area contributed by atoms with Crippen molar-refractivity contribution in [1.82, 2.24) is 15.5 Å². The van der Waals surface area contributed by atoms with Crippen LogP contribution < -0.4 is 15.4 Å². The molecule has 2 fully saturated rings. The van der Waals surface area contributed by atoms with Gasteiger partial charge in [0.2, 0.25) is 11.8 Å². The maximum atomic E-state index is 13.4. The summed E-state index contributed by atoms with van der Waals surface area (Å²) in [6, 6.07) is 9.97. The lowest BCUT2D eigenvalue weighted by Crippen LogP contribution is -2.60. The summed E-state index contributed by atoms with van der Waals surface area (Å²) in [5.41, 5.74) is 3.72. The zero-order valence-electron chi connectivity index (χ0n) is 30.1. The van der Waals surface area contributed by atoms with Crippen LogP contribution in [-0.2, 0) is 20.7 Å². The van der Waals surface area contributed by atoms with Crippen molar-refractivity contribution < 1.29 is 39.5 Å². The topological polar surface area (TPSA) is 161 Å². The van der Waals surface area contributed by atoms with Crippen LogP contribution in [0.1, 0.15) is 86.9 Å². The number of rotatable bonds is 11. The van der Waals surface area contributed by atoms with Gasteiger partial charge in [-0.05, 0) is 86.9 Å². The molecule has 2 aliphatic heterocycles. The number of hydrogen-bond donors (Lipinski definition) is 6. The molecule has 11 nitrogen and oxygen atoms in total. The third kappa shape index (κ3) is 8.71. The number of nitrogens with one attached hydrogen (secondary N) is 2. The van der Waals surface area contributed by atoms with E-state index < -0.39 is 48.1 Å². The molecule has 0 unspecified atom stereocenters. The van der Waals surface area contributed by atoms with Crippen LogP contribution in [0, 0.1) is 12.3 Å². The number of hydrogen-bond acceptors (Lipinski definition) is 9. The minimum atomic E-state index is -1.50. The number of carbonyl (C=O) groups excluding carboxylic acids is 2. The average Bonchev–Trinajstić information content (AvgIpc) is 3.07. The number of aliphatic hydroxyl groups excluding tert-OH is 4. The van der Waals surface area contributed by atoms with Crippen LogP contribution in [0.5, 0.6) is 5.75 Å². The standard InChI is InChI=1S/C38H55N3O8/c1-22(2)27-20-29(48-8)28(34-33(45)32(44)31(43)30(21-42)49-34)19-26(27)18-25-10-9-24(17-23(25)3)11-12-37(4,5)35(46)40-38(6,7)36(47)41-15-13-39-14-16-41/h9-12,17,19-20,22,30-34,39,42-45H,13-16,18,21H2,1-8H3,(H,40,46)/b12-11+/t30-,31-,32+,33-,34+/m1/s1. The van der Waals surface area contributed by atoms with Crippen molar-refractivity contribution >= 4 is 17.9 Å². The molecule has 5 atom stereocenters. The first-order valence-corrected chi connectivity index (χ1v) is 17.1. The van der Waals surface area contributed by atoms with Gasteiger partial charge in [0.05, 0.1) is 19.1 Å². The SMILES string of the molecule is COc1cc(C(C)C)c(Cc2ccc(/C=C/C(C)(C)C(=O)NC(C)(C)C(=O)N3CCNCC3)cc2C)cc1[C@@H]1O[C@H](CO)[C@@H](O)[C@H](O)[C@H]1O. The van der Waals surface area contributed by atoms with Crippen LogP contribution in [0.3, 0.4) is 0 Å². The second-order valence-corrected chi connectivity index (χ2v) is 14.7. The fourth-order valence-corrected chi connectivity index (χ4v) is 6.48. The van der Waals surface area contributed by atoms with Gasteiger partial charge in [0, 0.05) is 31.7 Å². The fraction of sp³-hybridized carbons (Fsp3) is 0.579. The number of carbonyl (C=O) groups is 2. The highest BCUT2D eigenvalue weighted by Crippen LogP contribution is 2.40. The molecular formula is C38H55N3O8. The minimum Gasteiger partial charge on any atom is -0.496 e. The Labute approximate surface area is 290 Å². The van der Waals surface area contributed by atoms with E-state index in [1.165, 1.54) is 7.11 Å². The summed E-state index contributed by atoms with van der Waals surface area (Å²) >= 11 is 0. The van der Waals surface area contributed by atoms with Crippen molar-refractivity contribution in [3.8, 4) is 5.75 Å². The molecule has 0 aliphatic carbocycles. The Morgan fingerprint density at radius 3 is 2.31 bits per heavy atom. The number of piperazine rings is 1. The Morgan fingerprint density at radius 1 is 1.04 bits per heavy atom. The quantitative estimate of drug-likeness (QED) is 0.210. The molecule has 11 heteroatoms. The predicted octanol–water partition coefficient (Wildman–Crippen LogP) is 2.60. The van der Waals surface area contributed by atoms with Gasteiger partial charge in [0.1, 0.15) is 41.8 Å². The van der Waals surface area contributed by atoms with E-state index in [-0.39, 0.29) is 17.7 Å². The second kappa shape index (κ2) is 15.7. The summed E-state index contributed by atoms with van der Waals surface area (Å²) in [4.78, 5) is 28.3. The van der Waals surface area contributed by atoms with Gasteiger partial charge in [-0.15, -0.1) is 0 Å². The van der Waals surface area contributed by atoms with Crippen LogP contribution in [0.2, 0.25) is 0 Å². The summed E-state index contributed by atoms with van der Waals surface area (Å²) < 4.78 is 11.6. The highest BCUT2D eigenvalue weighted by atomic mass is 16.5. The number of aryl methyl sites for hydroxylation is 1. The second-order valence-electron chi connectivity index (χ2n) is 14.7. The van der Waals surface area contributed by atoms with Gasteiger partial charge in [0.15, 0.2) is 0 Å². The lowest BCUT2D eigenvalue weighted by atomic mass is 9.85. The van der Waals surface area contributed by atoms with Crippen molar-refractivity contribution in [2.75, 3.05) is 39.9 Å². The van der Waals surface area contributed by atoms with E-state index in [4.69, 9.17) is 9.47 Å². The number of methoxy groups -OCH3 is 1. The molecule has 0 bridgehead atoms. The first-order chi connectivity index (χ1) is 23.0. The van der Waals surface area contributed by atoms with E-state index in [9.17, 15) is 30.0 Å². The van der Waals surface area contributed by atoms with Gasteiger partial charge in [-0.25, -0.2) is 0 Å². The third-order valence-electron chi connectivity index (χ3n) is 9.70. The molecule has 0 radical (unpaired) electrons. The van der Waals surface area contributed by atoms with Gasteiger partial charge < -0.3 is 45.4 Å². The molecule has 2 aliphatic rings. The number of ether oxygens (including phenoxy) is 2. The van der Waals surface area contributed by atoms with Gasteiger partial charge >= 0.3 is 0 Å². The third-order valence-corrected chi connectivity index (χ3v) is 9.70. The van der Waals surface area contributed by atoms with Crippen molar-refractivity contribution in [1.29, 1.82) is 0 Å². The van der Waals surface area contributed by atoms with Crippen molar-refractivity contribution in [2.45, 2.75) is 96.9 Å². The highest BCUT2D eigenvalue weighted by molar-refractivity contribution is 5.93. The Morgan fingerprint density at radius 2 is 1.71 bits per heavy atom. The average molecular weight is 682 g/mol. The predicted molar refractivity (Wildman–Crippen MR) is 188 cm³/mol. The summed E-state index contributed by atoms with van der Waals surface area (Å²) in [7, 11) is 1.53. The Kier molecular flexibility index (Phi) is 12.3. The Hall–Kier alpha value is -3.32. The van der Waals surface area contributed by atoms with Crippen LogP contribution >= 0.6 is 0 Å². The Balaban J connectivity index is 1.54. The van der Waals surface area contributed by atoms with E-state index in [0.717, 1.165) is 40.9 Å². The first-order valence-electron chi connectivity index (χ1n) is 17.1. The lowest BCUT2D eigenvalue weighted by molar-refractivity contribution is -0.232. The van der Waals surface area contributed by atoms with Gasteiger partial charge in [-0.1, -0.05) is 44.2 Å². The molecule has 2 aromatic carbocycles. The molecule has 2 heterocycles. The maximum Gasteiger partial charge on any atom is 0.247 e. The number of aliphatic hydroxyl groups is 4. The summed E-state index contributed by atoms with van der Waals surface area (Å²) in [5.74, 6) is 0.311. The van der Waals surface area contributed by atoms with Crippen LogP contribution in [-0.4, -0.2) is 107 Å². The molecular weight excluding hydrogens is 626 g/mol.